The molecule has 0 saturated heterocycles. The molecule has 2 N–H and O–H groups in total. The quantitative estimate of drug-likeness (QED) is 0.0287. The number of phosphoric ester groups is 1. The number of unbranched alkanes of at least 4 members (excludes halogenated alkanes) is 22. The Hall–Kier alpha value is -1.47. The van der Waals surface area contributed by atoms with Gasteiger partial charge < -0.3 is 19.3 Å². The first-order valence-electron chi connectivity index (χ1n) is 19.6. The van der Waals surface area contributed by atoms with E-state index >= 15 is 0 Å². The van der Waals surface area contributed by atoms with Crippen molar-refractivity contribution in [2.75, 3.05) is 13.2 Å². The molecule has 0 aliphatic carbocycles. The molecule has 0 saturated carbocycles. The SMILES string of the molecule is CCC/C=C\C/C=C\CCCCCCCC(=O)OC(COC(=O)CCCCCCCCCCCCCCCCCCC)COP(=O)(O)O. The van der Waals surface area contributed by atoms with Gasteiger partial charge in [-0.3, -0.25) is 14.1 Å². The number of allylic oxidation sites excluding steroid dienone is 4. The van der Waals surface area contributed by atoms with Gasteiger partial charge in [-0.15, -0.1) is 0 Å². The molecule has 8 nitrogen and oxygen atoms in total. The molecular weight excluding hydrogens is 627 g/mol. The second-order valence-electron chi connectivity index (χ2n) is 13.3. The van der Waals surface area contributed by atoms with Crippen LogP contribution in [-0.4, -0.2) is 41.0 Å². The average Bonchev–Trinajstić information content (AvgIpc) is 3.05. The molecule has 0 radical (unpaired) electrons. The van der Waals surface area contributed by atoms with E-state index in [1.54, 1.807) is 0 Å². The maximum absolute atomic E-state index is 12.3. The maximum Gasteiger partial charge on any atom is 0.469 e. The zero-order valence-corrected chi connectivity index (χ0v) is 31.8. The molecule has 0 aromatic carbocycles. The third kappa shape index (κ3) is 37.4. The molecule has 0 aromatic heterocycles. The molecule has 1 unspecified atom stereocenters. The fourth-order valence-corrected chi connectivity index (χ4v) is 5.89. The lowest BCUT2D eigenvalue weighted by molar-refractivity contribution is -0.161. The summed E-state index contributed by atoms with van der Waals surface area (Å²) in [6.07, 6.45) is 39.0. The van der Waals surface area contributed by atoms with Crippen LogP contribution in [0.5, 0.6) is 0 Å². The molecule has 0 spiro atoms. The van der Waals surface area contributed by atoms with Crippen LogP contribution >= 0.6 is 7.82 Å². The van der Waals surface area contributed by atoms with Gasteiger partial charge in [-0.1, -0.05) is 167 Å². The summed E-state index contributed by atoms with van der Waals surface area (Å²) in [4.78, 5) is 42.7. The van der Waals surface area contributed by atoms with Crippen molar-refractivity contribution in [1.82, 2.24) is 0 Å². The zero-order valence-electron chi connectivity index (χ0n) is 30.9. The summed E-state index contributed by atoms with van der Waals surface area (Å²) < 4.78 is 26.3. The fourth-order valence-electron chi connectivity index (χ4n) is 5.53. The lowest BCUT2D eigenvalue weighted by Gasteiger charge is -2.18. The Morgan fingerprint density at radius 2 is 0.979 bits per heavy atom. The van der Waals surface area contributed by atoms with Crippen LogP contribution in [-0.2, 0) is 28.2 Å². The zero-order chi connectivity index (χ0) is 35.4. The van der Waals surface area contributed by atoms with Crippen LogP contribution in [0.4, 0.5) is 0 Å². The number of phosphoric acid groups is 1. The summed E-state index contributed by atoms with van der Waals surface area (Å²) in [6.45, 7) is 3.61. The topological polar surface area (TPSA) is 119 Å². The van der Waals surface area contributed by atoms with Crippen molar-refractivity contribution in [3.63, 3.8) is 0 Å². The van der Waals surface area contributed by atoms with E-state index in [2.05, 4.69) is 42.7 Å². The van der Waals surface area contributed by atoms with Crippen LogP contribution in [0, 0.1) is 0 Å². The highest BCUT2D eigenvalue weighted by Gasteiger charge is 2.22. The van der Waals surface area contributed by atoms with Gasteiger partial charge in [0.25, 0.3) is 0 Å². The number of ether oxygens (including phenoxy) is 2. The van der Waals surface area contributed by atoms with E-state index in [9.17, 15) is 14.2 Å². The van der Waals surface area contributed by atoms with Crippen molar-refractivity contribution >= 4 is 19.8 Å². The summed E-state index contributed by atoms with van der Waals surface area (Å²) >= 11 is 0. The molecule has 0 aliphatic rings. The molecule has 9 heteroatoms. The standard InChI is InChI=1S/C39H73O8P/c1-3-5-7-9-11-13-15-17-18-19-20-22-23-25-27-29-31-33-38(40)45-35-37(36-46-48(42,43)44)47-39(41)34-32-30-28-26-24-21-16-14-12-10-8-6-4-2/h8,10,14,16,37H,3-7,9,11-13,15,17-36H2,1-2H3,(H2,42,43,44)/b10-8-,16-14-. The normalized spacial score (nSPS) is 12.7. The largest absolute Gasteiger partial charge is 0.469 e. The highest BCUT2D eigenvalue weighted by Crippen LogP contribution is 2.36. The fraction of sp³-hybridized carbons (Fsp3) is 0.846. The maximum atomic E-state index is 12.3. The number of carbonyl (C=O) groups excluding carboxylic acids is 2. The first-order valence-corrected chi connectivity index (χ1v) is 21.2. The van der Waals surface area contributed by atoms with Crippen molar-refractivity contribution in [2.45, 2.75) is 200 Å². The Morgan fingerprint density at radius 1 is 0.542 bits per heavy atom. The van der Waals surface area contributed by atoms with E-state index in [0.717, 1.165) is 64.2 Å². The van der Waals surface area contributed by atoms with Gasteiger partial charge in [-0.2, -0.15) is 0 Å². The van der Waals surface area contributed by atoms with Crippen molar-refractivity contribution in [3.05, 3.63) is 24.3 Å². The Kier molecular flexibility index (Phi) is 34.3. The van der Waals surface area contributed by atoms with E-state index < -0.39 is 32.5 Å². The minimum Gasteiger partial charge on any atom is -0.462 e. The Bertz CT molecular complexity index is 838. The second kappa shape index (κ2) is 35.4. The Labute approximate surface area is 294 Å². The second-order valence-corrected chi connectivity index (χ2v) is 14.5. The highest BCUT2D eigenvalue weighted by atomic mass is 31.2. The van der Waals surface area contributed by atoms with E-state index in [1.807, 2.05) is 0 Å². The predicted octanol–water partition coefficient (Wildman–Crippen LogP) is 11.6. The third-order valence-corrected chi connectivity index (χ3v) is 8.94. The first-order chi connectivity index (χ1) is 23.3. The summed E-state index contributed by atoms with van der Waals surface area (Å²) in [7, 11) is -4.75. The molecule has 1 atom stereocenters. The first kappa shape index (κ1) is 46.5. The van der Waals surface area contributed by atoms with Crippen molar-refractivity contribution in [3.8, 4) is 0 Å². The average molecular weight is 701 g/mol. The van der Waals surface area contributed by atoms with Crippen LogP contribution < -0.4 is 0 Å². The van der Waals surface area contributed by atoms with Crippen molar-refractivity contribution in [2.24, 2.45) is 0 Å². The lowest BCUT2D eigenvalue weighted by Crippen LogP contribution is -2.29. The molecule has 0 amide bonds. The Balaban J connectivity index is 3.92. The molecule has 282 valence electrons. The third-order valence-electron chi connectivity index (χ3n) is 8.45. The number of rotatable bonds is 36. The van der Waals surface area contributed by atoms with Gasteiger partial charge in [0, 0.05) is 12.8 Å². The van der Waals surface area contributed by atoms with Gasteiger partial charge in [-0.25, -0.2) is 4.57 Å². The van der Waals surface area contributed by atoms with Crippen LogP contribution in [0.1, 0.15) is 194 Å². The highest BCUT2D eigenvalue weighted by molar-refractivity contribution is 7.46. The molecule has 0 fully saturated rings. The molecule has 0 aliphatic heterocycles. The summed E-state index contributed by atoms with van der Waals surface area (Å²) in [5.74, 6) is -0.895. The predicted molar refractivity (Wildman–Crippen MR) is 198 cm³/mol. The van der Waals surface area contributed by atoms with E-state index in [1.165, 1.54) is 96.3 Å². The van der Waals surface area contributed by atoms with Gasteiger partial charge >= 0.3 is 19.8 Å². The monoisotopic (exact) mass is 701 g/mol. The van der Waals surface area contributed by atoms with Crippen molar-refractivity contribution in [1.29, 1.82) is 0 Å². The van der Waals surface area contributed by atoms with E-state index in [4.69, 9.17) is 19.3 Å². The number of hydrogen-bond acceptors (Lipinski definition) is 6. The van der Waals surface area contributed by atoms with Gasteiger partial charge in [0.1, 0.15) is 6.61 Å². The van der Waals surface area contributed by atoms with Gasteiger partial charge in [0.2, 0.25) is 0 Å². The number of carbonyl (C=O) groups is 2. The molecular formula is C39H73O8P. The number of esters is 2. The summed E-state index contributed by atoms with van der Waals surface area (Å²) in [6, 6.07) is 0. The van der Waals surface area contributed by atoms with Crippen LogP contribution in [0.2, 0.25) is 0 Å². The van der Waals surface area contributed by atoms with Crippen LogP contribution in [0.3, 0.4) is 0 Å². The smallest absolute Gasteiger partial charge is 0.462 e. The van der Waals surface area contributed by atoms with Crippen LogP contribution in [0.15, 0.2) is 24.3 Å². The lowest BCUT2D eigenvalue weighted by atomic mass is 10.0. The van der Waals surface area contributed by atoms with E-state index in [0.29, 0.717) is 6.42 Å². The minimum atomic E-state index is -4.75. The van der Waals surface area contributed by atoms with Crippen LogP contribution in [0.25, 0.3) is 0 Å². The van der Waals surface area contributed by atoms with Crippen molar-refractivity contribution < 1.29 is 37.9 Å². The molecule has 0 rings (SSSR count). The minimum absolute atomic E-state index is 0.198. The van der Waals surface area contributed by atoms with Gasteiger partial charge in [0.15, 0.2) is 6.10 Å². The van der Waals surface area contributed by atoms with E-state index in [-0.39, 0.29) is 19.4 Å². The molecule has 0 heterocycles. The summed E-state index contributed by atoms with van der Waals surface area (Å²) in [5.41, 5.74) is 0. The number of hydrogen-bond donors (Lipinski definition) is 2. The van der Waals surface area contributed by atoms with Gasteiger partial charge in [-0.05, 0) is 38.5 Å². The Morgan fingerprint density at radius 3 is 1.46 bits per heavy atom. The summed E-state index contributed by atoms with van der Waals surface area (Å²) in [5, 5.41) is 0. The van der Waals surface area contributed by atoms with Gasteiger partial charge in [0.05, 0.1) is 6.61 Å². The molecule has 0 bridgehead atoms. The molecule has 0 aromatic rings. The molecule has 48 heavy (non-hydrogen) atoms.